The maximum Gasteiger partial charge on any atom is 0.257 e. The summed E-state index contributed by atoms with van der Waals surface area (Å²) in [7, 11) is 2.04. The minimum absolute atomic E-state index is 0.0586. The molecule has 0 bridgehead atoms. The smallest absolute Gasteiger partial charge is 0.257 e. The normalized spacial score (nSPS) is 14.0. The summed E-state index contributed by atoms with van der Waals surface area (Å²) < 4.78 is 5.57. The summed E-state index contributed by atoms with van der Waals surface area (Å²) in [5.41, 5.74) is 1.39. The van der Waals surface area contributed by atoms with Gasteiger partial charge >= 0.3 is 0 Å². The van der Waals surface area contributed by atoms with Crippen molar-refractivity contribution in [2.24, 2.45) is 0 Å². The zero-order valence-corrected chi connectivity index (χ0v) is 19.8. The number of hydrogen-bond donors (Lipinski definition) is 2. The number of rotatable bonds is 6. The summed E-state index contributed by atoms with van der Waals surface area (Å²) in [5.74, 6) is 0.193. The number of amides is 2. The molecule has 1 saturated heterocycles. The number of nitrogens with zero attached hydrogens (tertiary/aromatic N) is 2. The van der Waals surface area contributed by atoms with E-state index in [0.29, 0.717) is 47.3 Å². The molecule has 1 fully saturated rings. The van der Waals surface area contributed by atoms with Crippen LogP contribution >= 0.6 is 23.8 Å². The molecule has 7 nitrogen and oxygen atoms in total. The number of ether oxygens (including phenoxy) is 1. The van der Waals surface area contributed by atoms with E-state index < -0.39 is 0 Å². The van der Waals surface area contributed by atoms with E-state index in [1.54, 1.807) is 42.5 Å². The number of carbonyl (C=O) groups excluding carboxylic acids is 2. The first-order chi connectivity index (χ1) is 15.4. The molecule has 0 atom stereocenters. The van der Waals surface area contributed by atoms with Gasteiger partial charge in [-0.2, -0.15) is 0 Å². The summed E-state index contributed by atoms with van der Waals surface area (Å²) in [6, 6.07) is 11.9. The van der Waals surface area contributed by atoms with Gasteiger partial charge in [-0.25, -0.2) is 0 Å². The van der Waals surface area contributed by atoms with E-state index in [1.165, 1.54) is 0 Å². The second kappa shape index (κ2) is 11.3. The fraction of sp³-hybridized carbons (Fsp3) is 0.348. The Kier molecular flexibility index (Phi) is 8.44. The zero-order chi connectivity index (χ0) is 23.1. The average molecular weight is 475 g/mol. The van der Waals surface area contributed by atoms with Crippen LogP contribution in [0.4, 0.5) is 5.69 Å². The molecule has 0 unspecified atom stereocenters. The van der Waals surface area contributed by atoms with E-state index in [2.05, 4.69) is 15.5 Å². The van der Waals surface area contributed by atoms with E-state index in [0.717, 1.165) is 19.5 Å². The molecule has 0 aliphatic carbocycles. The van der Waals surface area contributed by atoms with Crippen LogP contribution in [0.25, 0.3) is 0 Å². The predicted octanol–water partition coefficient (Wildman–Crippen LogP) is 3.64. The van der Waals surface area contributed by atoms with Crippen molar-refractivity contribution >= 4 is 46.4 Å². The van der Waals surface area contributed by atoms with Gasteiger partial charge in [0.25, 0.3) is 11.8 Å². The maximum absolute atomic E-state index is 12.8. The van der Waals surface area contributed by atoms with E-state index >= 15 is 0 Å². The van der Waals surface area contributed by atoms with E-state index in [9.17, 15) is 9.59 Å². The van der Waals surface area contributed by atoms with Crippen molar-refractivity contribution < 1.29 is 14.3 Å². The minimum atomic E-state index is -0.370. The van der Waals surface area contributed by atoms with Crippen molar-refractivity contribution in [1.82, 2.24) is 15.1 Å². The molecule has 0 spiro atoms. The van der Waals surface area contributed by atoms with Gasteiger partial charge in [-0.1, -0.05) is 24.6 Å². The Morgan fingerprint density at radius 3 is 2.56 bits per heavy atom. The molecular formula is C23H27ClN4O3S. The summed E-state index contributed by atoms with van der Waals surface area (Å²) >= 11 is 11.6. The SMILES string of the molecule is CCCOc1cccc(C(=O)NC(=S)Nc2cc(C(=O)N3CCN(C)CC3)ccc2Cl)c1. The first kappa shape index (κ1) is 24.0. The molecule has 2 amide bonds. The second-order valence-corrected chi connectivity index (χ2v) is 8.39. The van der Waals surface area contributed by atoms with Gasteiger partial charge in [0.15, 0.2) is 5.11 Å². The molecule has 9 heteroatoms. The summed E-state index contributed by atoms with van der Waals surface area (Å²) in [6.07, 6.45) is 0.877. The maximum atomic E-state index is 12.8. The van der Waals surface area contributed by atoms with Crippen molar-refractivity contribution in [2.75, 3.05) is 45.2 Å². The highest BCUT2D eigenvalue weighted by Crippen LogP contribution is 2.24. The fourth-order valence-electron chi connectivity index (χ4n) is 3.22. The minimum Gasteiger partial charge on any atom is -0.494 e. The van der Waals surface area contributed by atoms with Gasteiger partial charge in [0.05, 0.1) is 17.3 Å². The molecule has 1 aliphatic heterocycles. The van der Waals surface area contributed by atoms with Crippen LogP contribution in [0.15, 0.2) is 42.5 Å². The number of hydrogen-bond acceptors (Lipinski definition) is 5. The van der Waals surface area contributed by atoms with Crippen molar-refractivity contribution in [1.29, 1.82) is 0 Å². The largest absolute Gasteiger partial charge is 0.494 e. The van der Waals surface area contributed by atoms with Gasteiger partial charge in [-0.05, 0) is 62.1 Å². The number of likely N-dealkylation sites (N-methyl/N-ethyl adjacent to an activating group) is 1. The molecule has 2 N–H and O–H groups in total. The lowest BCUT2D eigenvalue weighted by Gasteiger charge is -2.32. The third kappa shape index (κ3) is 6.41. The van der Waals surface area contributed by atoms with E-state index in [-0.39, 0.29) is 16.9 Å². The monoisotopic (exact) mass is 474 g/mol. The van der Waals surface area contributed by atoms with Crippen molar-refractivity contribution in [3.63, 3.8) is 0 Å². The number of halogens is 1. The Bertz CT molecular complexity index is 993. The highest BCUT2D eigenvalue weighted by atomic mass is 35.5. The van der Waals surface area contributed by atoms with Crippen molar-refractivity contribution in [2.45, 2.75) is 13.3 Å². The lowest BCUT2D eigenvalue weighted by Crippen LogP contribution is -2.47. The quantitative estimate of drug-likeness (QED) is 0.623. The first-order valence-corrected chi connectivity index (χ1v) is 11.3. The molecular weight excluding hydrogens is 448 g/mol. The van der Waals surface area contributed by atoms with Gasteiger partial charge in [0.1, 0.15) is 5.75 Å². The molecule has 1 heterocycles. The Morgan fingerprint density at radius 2 is 1.84 bits per heavy atom. The van der Waals surface area contributed by atoms with Crippen molar-refractivity contribution in [3.8, 4) is 5.75 Å². The van der Waals surface area contributed by atoms with Crippen LogP contribution in [0.1, 0.15) is 34.1 Å². The molecule has 170 valence electrons. The van der Waals surface area contributed by atoms with Crippen LogP contribution in [-0.4, -0.2) is 66.6 Å². The Hall–Kier alpha value is -2.68. The standard InChI is InChI=1S/C23H27ClN4O3S/c1-3-13-31-18-6-4-5-16(14-18)21(29)26-23(32)25-20-15-17(7-8-19(20)24)22(30)28-11-9-27(2)10-12-28/h4-8,14-15H,3,9-13H2,1-2H3,(H2,25,26,29,32). The Morgan fingerprint density at radius 1 is 1.09 bits per heavy atom. The van der Waals surface area contributed by atoms with Crippen molar-refractivity contribution in [3.05, 3.63) is 58.6 Å². The molecule has 0 radical (unpaired) electrons. The average Bonchev–Trinajstić information content (AvgIpc) is 2.79. The van der Waals surface area contributed by atoms with Crippen LogP contribution in [0.5, 0.6) is 5.75 Å². The number of carbonyl (C=O) groups is 2. The number of benzene rings is 2. The lowest BCUT2D eigenvalue weighted by atomic mass is 10.1. The fourth-order valence-corrected chi connectivity index (χ4v) is 3.59. The summed E-state index contributed by atoms with van der Waals surface area (Å²) in [5, 5.41) is 6.04. The topological polar surface area (TPSA) is 73.9 Å². The van der Waals surface area contributed by atoms with Crippen LogP contribution < -0.4 is 15.4 Å². The first-order valence-electron chi connectivity index (χ1n) is 10.5. The van der Waals surface area contributed by atoms with Crippen LogP contribution in [-0.2, 0) is 0 Å². The number of piperazine rings is 1. The highest BCUT2D eigenvalue weighted by Gasteiger charge is 2.21. The van der Waals surface area contributed by atoms with Gasteiger partial charge in [-0.15, -0.1) is 0 Å². The zero-order valence-electron chi connectivity index (χ0n) is 18.2. The van der Waals surface area contributed by atoms with Gasteiger partial charge in [0.2, 0.25) is 0 Å². The summed E-state index contributed by atoms with van der Waals surface area (Å²) in [4.78, 5) is 29.4. The number of thiocarbonyl (C=S) groups is 1. The predicted molar refractivity (Wildman–Crippen MR) is 131 cm³/mol. The van der Waals surface area contributed by atoms with Gasteiger partial charge < -0.3 is 19.9 Å². The number of nitrogens with one attached hydrogen (secondary N) is 2. The summed E-state index contributed by atoms with van der Waals surface area (Å²) in [6.45, 7) is 5.62. The molecule has 1 aliphatic rings. The third-order valence-corrected chi connectivity index (χ3v) is 5.58. The molecule has 3 rings (SSSR count). The number of anilines is 1. The lowest BCUT2D eigenvalue weighted by molar-refractivity contribution is 0.0664. The molecule has 2 aromatic carbocycles. The molecule has 32 heavy (non-hydrogen) atoms. The Labute approximate surface area is 198 Å². The van der Waals surface area contributed by atoms with Gasteiger partial charge in [-0.3, -0.25) is 14.9 Å². The van der Waals surface area contributed by atoms with E-state index in [1.807, 2.05) is 18.9 Å². The van der Waals surface area contributed by atoms with Crippen LogP contribution in [0, 0.1) is 0 Å². The van der Waals surface area contributed by atoms with Gasteiger partial charge in [0, 0.05) is 37.3 Å². The van der Waals surface area contributed by atoms with Crippen LogP contribution in [0.3, 0.4) is 0 Å². The van der Waals surface area contributed by atoms with Crippen LogP contribution in [0.2, 0.25) is 5.02 Å². The highest BCUT2D eigenvalue weighted by molar-refractivity contribution is 7.80. The molecule has 2 aromatic rings. The molecule has 0 saturated carbocycles. The second-order valence-electron chi connectivity index (χ2n) is 7.57. The Balaban J connectivity index is 1.64. The molecule has 0 aromatic heterocycles. The third-order valence-electron chi connectivity index (χ3n) is 5.05. The van der Waals surface area contributed by atoms with E-state index in [4.69, 9.17) is 28.6 Å².